The summed E-state index contributed by atoms with van der Waals surface area (Å²) in [4.78, 5) is 0. The highest BCUT2D eigenvalue weighted by atomic mass is 16.5. The van der Waals surface area contributed by atoms with Crippen molar-refractivity contribution >= 4 is 0 Å². The number of benzene rings is 2. The fraction of sp³-hybridized carbons (Fsp3) is 0.316. The van der Waals surface area contributed by atoms with Gasteiger partial charge in [0.05, 0.1) is 11.6 Å². The Labute approximate surface area is 131 Å². The van der Waals surface area contributed by atoms with Crippen molar-refractivity contribution in [3.05, 3.63) is 59.7 Å². The van der Waals surface area contributed by atoms with Gasteiger partial charge >= 0.3 is 0 Å². The molecule has 0 aromatic heterocycles. The molecule has 0 bridgehead atoms. The quantitative estimate of drug-likeness (QED) is 0.929. The van der Waals surface area contributed by atoms with Crippen molar-refractivity contribution in [2.45, 2.75) is 19.3 Å². The molecule has 112 valence electrons. The van der Waals surface area contributed by atoms with Crippen LogP contribution in [0.3, 0.4) is 0 Å². The minimum Gasteiger partial charge on any atom is -0.457 e. The molecule has 1 heterocycles. The van der Waals surface area contributed by atoms with E-state index in [2.05, 4.69) is 23.5 Å². The average molecular weight is 292 g/mol. The van der Waals surface area contributed by atoms with Gasteiger partial charge in [0, 0.05) is 0 Å². The van der Waals surface area contributed by atoms with E-state index in [1.807, 2.05) is 24.3 Å². The monoisotopic (exact) mass is 292 g/mol. The highest BCUT2D eigenvalue weighted by Gasteiger charge is 2.13. The number of ether oxygens (including phenoxy) is 1. The number of hydrogen-bond acceptors (Lipinski definition) is 3. The van der Waals surface area contributed by atoms with E-state index in [1.54, 1.807) is 12.1 Å². The molecule has 1 N–H and O–H groups in total. The zero-order valence-corrected chi connectivity index (χ0v) is 12.6. The summed E-state index contributed by atoms with van der Waals surface area (Å²) in [6, 6.07) is 17.7. The number of nitrogens with zero attached hydrogens (tertiary/aromatic N) is 1. The van der Waals surface area contributed by atoms with Crippen LogP contribution in [-0.4, -0.2) is 13.1 Å². The van der Waals surface area contributed by atoms with E-state index in [0.29, 0.717) is 11.3 Å². The molecular weight excluding hydrogens is 272 g/mol. The maximum absolute atomic E-state index is 8.91. The molecule has 0 unspecified atom stereocenters. The summed E-state index contributed by atoms with van der Waals surface area (Å²) in [7, 11) is 0. The Morgan fingerprint density at radius 3 is 2.55 bits per heavy atom. The van der Waals surface area contributed by atoms with Crippen LogP contribution in [0, 0.1) is 17.2 Å². The standard InChI is InChI=1S/C19H20N2O/c20-14-17-2-1-3-19(13-17)22-18-6-4-15(5-7-18)12-16-8-10-21-11-9-16/h1-7,13,16,21H,8-12H2. The zero-order chi connectivity index (χ0) is 15.2. The van der Waals surface area contributed by atoms with Crippen molar-refractivity contribution < 1.29 is 4.74 Å². The lowest BCUT2D eigenvalue weighted by Gasteiger charge is -2.22. The molecule has 3 rings (SSSR count). The van der Waals surface area contributed by atoms with Gasteiger partial charge in [-0.15, -0.1) is 0 Å². The fourth-order valence-corrected chi connectivity index (χ4v) is 2.88. The molecular formula is C19H20N2O. The molecule has 0 spiro atoms. The van der Waals surface area contributed by atoms with Gasteiger partial charge in [-0.2, -0.15) is 5.26 Å². The van der Waals surface area contributed by atoms with E-state index in [9.17, 15) is 0 Å². The van der Waals surface area contributed by atoms with Crippen LogP contribution in [-0.2, 0) is 6.42 Å². The van der Waals surface area contributed by atoms with Gasteiger partial charge in [0.1, 0.15) is 11.5 Å². The normalized spacial score (nSPS) is 15.2. The number of rotatable bonds is 4. The van der Waals surface area contributed by atoms with Crippen molar-refractivity contribution in [1.82, 2.24) is 5.32 Å². The smallest absolute Gasteiger partial charge is 0.128 e. The summed E-state index contributed by atoms with van der Waals surface area (Å²) in [6.07, 6.45) is 3.67. The Kier molecular flexibility index (Phi) is 4.72. The van der Waals surface area contributed by atoms with Crippen molar-refractivity contribution in [3.63, 3.8) is 0 Å². The first kappa shape index (κ1) is 14.6. The summed E-state index contributed by atoms with van der Waals surface area (Å²) < 4.78 is 5.80. The molecule has 22 heavy (non-hydrogen) atoms. The Hall–Kier alpha value is -2.31. The molecule has 2 aromatic rings. The van der Waals surface area contributed by atoms with Crippen LogP contribution in [0.15, 0.2) is 48.5 Å². The largest absolute Gasteiger partial charge is 0.457 e. The van der Waals surface area contributed by atoms with Crippen LogP contribution < -0.4 is 10.1 Å². The highest BCUT2D eigenvalue weighted by molar-refractivity contribution is 5.39. The molecule has 1 saturated heterocycles. The van der Waals surface area contributed by atoms with Crippen LogP contribution >= 0.6 is 0 Å². The summed E-state index contributed by atoms with van der Waals surface area (Å²) >= 11 is 0. The molecule has 0 aliphatic carbocycles. The maximum atomic E-state index is 8.91. The predicted octanol–water partition coefficient (Wildman–Crippen LogP) is 3.89. The molecule has 2 aromatic carbocycles. The Morgan fingerprint density at radius 2 is 1.82 bits per heavy atom. The Balaban J connectivity index is 1.62. The summed E-state index contributed by atoms with van der Waals surface area (Å²) in [5.41, 5.74) is 1.98. The van der Waals surface area contributed by atoms with Crippen LogP contribution in [0.1, 0.15) is 24.0 Å². The molecule has 3 heteroatoms. The van der Waals surface area contributed by atoms with Gasteiger partial charge in [-0.3, -0.25) is 0 Å². The zero-order valence-electron chi connectivity index (χ0n) is 12.6. The first-order valence-electron chi connectivity index (χ1n) is 7.81. The van der Waals surface area contributed by atoms with Gasteiger partial charge in [0.15, 0.2) is 0 Å². The SMILES string of the molecule is N#Cc1cccc(Oc2ccc(CC3CCNCC3)cc2)c1. The van der Waals surface area contributed by atoms with Crippen LogP contribution in [0.2, 0.25) is 0 Å². The molecule has 1 fully saturated rings. The van der Waals surface area contributed by atoms with Gasteiger partial charge < -0.3 is 10.1 Å². The molecule has 1 aliphatic rings. The van der Waals surface area contributed by atoms with Gasteiger partial charge in [0.25, 0.3) is 0 Å². The first-order chi connectivity index (χ1) is 10.8. The lowest BCUT2D eigenvalue weighted by molar-refractivity contribution is 0.372. The molecule has 0 radical (unpaired) electrons. The average Bonchev–Trinajstić information content (AvgIpc) is 2.58. The molecule has 1 aliphatic heterocycles. The van der Waals surface area contributed by atoms with E-state index in [0.717, 1.165) is 31.2 Å². The predicted molar refractivity (Wildman–Crippen MR) is 87.0 cm³/mol. The number of nitriles is 1. The molecule has 3 nitrogen and oxygen atoms in total. The van der Waals surface area contributed by atoms with E-state index in [1.165, 1.54) is 18.4 Å². The minimum absolute atomic E-state index is 0.611. The molecule has 0 saturated carbocycles. The van der Waals surface area contributed by atoms with Gasteiger partial charge in [-0.25, -0.2) is 0 Å². The van der Waals surface area contributed by atoms with Crippen LogP contribution in [0.4, 0.5) is 0 Å². The Morgan fingerprint density at radius 1 is 1.05 bits per heavy atom. The van der Waals surface area contributed by atoms with E-state index >= 15 is 0 Å². The topological polar surface area (TPSA) is 45.0 Å². The number of hydrogen-bond donors (Lipinski definition) is 1. The van der Waals surface area contributed by atoms with Crippen molar-refractivity contribution in [1.29, 1.82) is 5.26 Å². The number of piperidine rings is 1. The lowest BCUT2D eigenvalue weighted by Crippen LogP contribution is -2.28. The van der Waals surface area contributed by atoms with Gasteiger partial charge in [-0.1, -0.05) is 18.2 Å². The molecule has 0 atom stereocenters. The fourth-order valence-electron chi connectivity index (χ4n) is 2.88. The van der Waals surface area contributed by atoms with Crippen molar-refractivity contribution in [2.24, 2.45) is 5.92 Å². The highest BCUT2D eigenvalue weighted by Crippen LogP contribution is 2.24. The van der Waals surface area contributed by atoms with E-state index in [4.69, 9.17) is 10.00 Å². The summed E-state index contributed by atoms with van der Waals surface area (Å²) in [5.74, 6) is 2.30. The Bertz CT molecular complexity index is 652. The second-order valence-corrected chi connectivity index (χ2v) is 5.78. The third kappa shape index (κ3) is 3.87. The van der Waals surface area contributed by atoms with E-state index < -0.39 is 0 Å². The van der Waals surface area contributed by atoms with Crippen LogP contribution in [0.5, 0.6) is 11.5 Å². The first-order valence-corrected chi connectivity index (χ1v) is 7.81. The van der Waals surface area contributed by atoms with E-state index in [-0.39, 0.29) is 0 Å². The van der Waals surface area contributed by atoms with Crippen molar-refractivity contribution in [3.8, 4) is 17.6 Å². The van der Waals surface area contributed by atoms with Crippen molar-refractivity contribution in [2.75, 3.05) is 13.1 Å². The number of nitrogens with one attached hydrogen (secondary N) is 1. The van der Waals surface area contributed by atoms with Gasteiger partial charge in [-0.05, 0) is 74.2 Å². The molecule has 0 amide bonds. The second kappa shape index (κ2) is 7.11. The lowest BCUT2D eigenvalue weighted by atomic mass is 9.91. The maximum Gasteiger partial charge on any atom is 0.128 e. The second-order valence-electron chi connectivity index (χ2n) is 5.78. The summed E-state index contributed by atoms with van der Waals surface area (Å²) in [6.45, 7) is 2.28. The van der Waals surface area contributed by atoms with Gasteiger partial charge in [0.2, 0.25) is 0 Å². The third-order valence-corrected chi connectivity index (χ3v) is 4.11. The van der Waals surface area contributed by atoms with Crippen LogP contribution in [0.25, 0.3) is 0 Å². The summed E-state index contributed by atoms with van der Waals surface area (Å²) in [5, 5.41) is 12.3. The minimum atomic E-state index is 0.611. The third-order valence-electron chi connectivity index (χ3n) is 4.11.